The fourth-order valence-corrected chi connectivity index (χ4v) is 2.79. The number of carbonyl (C=O) groups excluding carboxylic acids is 2. The lowest BCUT2D eigenvalue weighted by molar-refractivity contribution is -0.176. The summed E-state index contributed by atoms with van der Waals surface area (Å²) in [4.78, 5) is 33.7. The molecule has 0 rings (SSSR count). The maximum Gasteiger partial charge on any atom is 0.345 e. The Kier molecular flexibility index (Phi) is 9.06. The maximum atomic E-state index is 11.9. The fraction of sp³-hybridized carbons (Fsp3) is 0.800. The quantitative estimate of drug-likeness (QED) is 0.301. The molecule has 1 atom stereocenters. The van der Waals surface area contributed by atoms with E-state index in [0.29, 0.717) is 0 Å². The molecule has 1 unspecified atom stereocenters. The molecule has 0 aliphatic heterocycles. The van der Waals surface area contributed by atoms with E-state index in [1.807, 2.05) is 0 Å². The monoisotopic (exact) mass is 381 g/mol. The van der Waals surface area contributed by atoms with Crippen LogP contribution in [0.5, 0.6) is 0 Å². The van der Waals surface area contributed by atoms with Gasteiger partial charge in [-0.05, 0) is 6.42 Å². The predicted octanol–water partition coefficient (Wildman–Crippen LogP) is 0.538. The van der Waals surface area contributed by atoms with Crippen LogP contribution in [0.4, 0.5) is 0 Å². The van der Waals surface area contributed by atoms with Gasteiger partial charge in [-0.3, -0.25) is 13.8 Å². The van der Waals surface area contributed by atoms with Crippen molar-refractivity contribution in [1.29, 1.82) is 0 Å². The lowest BCUT2D eigenvalue weighted by Crippen LogP contribution is -2.44. The van der Waals surface area contributed by atoms with Gasteiger partial charge >= 0.3 is 11.9 Å². The van der Waals surface area contributed by atoms with Crippen molar-refractivity contribution < 1.29 is 36.8 Å². The number of carbonyl (C=O) groups is 3. The number of hydrogen-bond acceptors (Lipinski definition) is 7. The molecule has 0 fully saturated rings. The predicted molar refractivity (Wildman–Crippen MR) is 89.2 cm³/mol. The lowest BCUT2D eigenvalue weighted by atomic mass is 9.87. The van der Waals surface area contributed by atoms with Gasteiger partial charge in [0.1, 0.15) is 0 Å². The van der Waals surface area contributed by atoms with Crippen molar-refractivity contribution >= 4 is 28.0 Å². The number of amides is 1. The van der Waals surface area contributed by atoms with Gasteiger partial charge in [-0.25, -0.2) is 4.79 Å². The van der Waals surface area contributed by atoms with E-state index in [1.165, 1.54) is 20.8 Å². The van der Waals surface area contributed by atoms with Crippen LogP contribution in [-0.2, 0) is 33.4 Å². The van der Waals surface area contributed by atoms with E-state index >= 15 is 0 Å². The van der Waals surface area contributed by atoms with Crippen LogP contribution in [0.2, 0.25) is 0 Å². The number of hydrogen-bond donors (Lipinski definition) is 2. The van der Waals surface area contributed by atoms with Gasteiger partial charge in [0, 0.05) is 18.9 Å². The molecule has 0 spiro atoms. The van der Waals surface area contributed by atoms with Crippen LogP contribution in [0.3, 0.4) is 0 Å². The van der Waals surface area contributed by atoms with Gasteiger partial charge in [-0.2, -0.15) is 8.42 Å². The third-order valence-corrected chi connectivity index (χ3v) is 4.46. The minimum atomic E-state index is -3.90. The van der Waals surface area contributed by atoms with Crippen LogP contribution in [0.1, 0.15) is 41.0 Å². The Morgan fingerprint density at radius 2 is 1.76 bits per heavy atom. The largest absolute Gasteiger partial charge is 0.478 e. The van der Waals surface area contributed by atoms with Crippen molar-refractivity contribution in [3.63, 3.8) is 0 Å². The Balaban J connectivity index is 4.76. The Morgan fingerprint density at radius 1 is 1.20 bits per heavy atom. The summed E-state index contributed by atoms with van der Waals surface area (Å²) in [7, 11) is -3.90. The van der Waals surface area contributed by atoms with Crippen molar-refractivity contribution in [3.05, 3.63) is 0 Å². The Hall–Kier alpha value is -1.68. The van der Waals surface area contributed by atoms with Crippen LogP contribution >= 0.6 is 0 Å². The molecule has 0 saturated carbocycles. The van der Waals surface area contributed by atoms with E-state index in [-0.39, 0.29) is 24.6 Å². The molecule has 0 bridgehead atoms. The van der Waals surface area contributed by atoms with E-state index in [1.54, 1.807) is 13.8 Å². The summed E-state index contributed by atoms with van der Waals surface area (Å²) >= 11 is 0. The molecule has 0 aromatic carbocycles. The first kappa shape index (κ1) is 23.3. The number of rotatable bonds is 11. The zero-order valence-electron chi connectivity index (χ0n) is 15.2. The molecule has 9 nitrogen and oxygen atoms in total. The topological polar surface area (TPSA) is 136 Å². The lowest BCUT2D eigenvalue weighted by Gasteiger charge is -2.30. The average Bonchev–Trinajstić information content (AvgIpc) is 2.46. The van der Waals surface area contributed by atoms with E-state index in [0.717, 1.165) is 0 Å². The first-order chi connectivity index (χ1) is 11.3. The van der Waals surface area contributed by atoms with Gasteiger partial charge in [-0.1, -0.05) is 27.7 Å². The number of aliphatic carboxylic acids is 1. The third kappa shape index (κ3) is 9.40. The molecule has 2 N–H and O–H groups in total. The van der Waals surface area contributed by atoms with Crippen molar-refractivity contribution in [3.8, 4) is 0 Å². The zero-order chi connectivity index (χ0) is 19.8. The van der Waals surface area contributed by atoms with Crippen LogP contribution in [-0.4, -0.2) is 56.4 Å². The molecule has 146 valence electrons. The third-order valence-electron chi connectivity index (χ3n) is 3.20. The Labute approximate surface area is 148 Å². The number of ether oxygens (including phenoxy) is 1. The molecule has 0 heterocycles. The van der Waals surface area contributed by atoms with Gasteiger partial charge in [0.15, 0.2) is 0 Å². The maximum absolute atomic E-state index is 11.9. The van der Waals surface area contributed by atoms with Crippen molar-refractivity contribution in [1.82, 2.24) is 5.32 Å². The van der Waals surface area contributed by atoms with Crippen LogP contribution in [0.25, 0.3) is 0 Å². The fourth-order valence-electron chi connectivity index (χ4n) is 1.69. The van der Waals surface area contributed by atoms with Gasteiger partial charge in [0.25, 0.3) is 10.1 Å². The summed E-state index contributed by atoms with van der Waals surface area (Å²) in [5.41, 5.74) is -1.26. The van der Waals surface area contributed by atoms with E-state index in [4.69, 9.17) is 8.92 Å². The number of esters is 1. The average molecular weight is 381 g/mol. The summed E-state index contributed by atoms with van der Waals surface area (Å²) in [6.45, 7) is 7.04. The Bertz CT molecular complexity index is 582. The van der Waals surface area contributed by atoms with Gasteiger partial charge in [0.2, 0.25) is 12.0 Å². The smallest absolute Gasteiger partial charge is 0.345 e. The molecule has 0 aromatic heterocycles. The van der Waals surface area contributed by atoms with Crippen LogP contribution in [0, 0.1) is 11.3 Å². The van der Waals surface area contributed by atoms with Crippen LogP contribution < -0.4 is 5.32 Å². The van der Waals surface area contributed by atoms with Crippen molar-refractivity contribution in [2.24, 2.45) is 11.3 Å². The molecule has 0 saturated heterocycles. The first-order valence-corrected chi connectivity index (χ1v) is 9.41. The second kappa shape index (κ2) is 9.71. The number of nitrogens with one attached hydrogen (secondary N) is 1. The summed E-state index contributed by atoms with van der Waals surface area (Å²) in [6.07, 6.45) is -1.38. The second-order valence-corrected chi connectivity index (χ2v) is 8.42. The molecular formula is C15H27NO8S. The summed E-state index contributed by atoms with van der Waals surface area (Å²) in [5.74, 6) is -3.19. The van der Waals surface area contributed by atoms with Crippen molar-refractivity contribution in [2.75, 3.05) is 18.9 Å². The summed E-state index contributed by atoms with van der Waals surface area (Å²) in [5, 5.41) is 11.7. The minimum Gasteiger partial charge on any atom is -0.478 e. The summed E-state index contributed by atoms with van der Waals surface area (Å²) in [6, 6.07) is 0. The van der Waals surface area contributed by atoms with Crippen LogP contribution in [0.15, 0.2) is 0 Å². The molecular weight excluding hydrogens is 354 g/mol. The molecule has 0 aliphatic carbocycles. The highest BCUT2D eigenvalue weighted by atomic mass is 32.2. The standard InChI is InChI=1S/C15H27NO8S/c1-10(2)14(20)24-12(13(18)19)15(4,5)9-23-25(21,22)8-6-7-16-11(3)17/h10,12H,6-9H2,1-5H3,(H,16,17)(H,18,19). The molecule has 0 aliphatic rings. The van der Waals surface area contributed by atoms with Crippen molar-refractivity contribution in [2.45, 2.75) is 47.1 Å². The highest BCUT2D eigenvalue weighted by Crippen LogP contribution is 2.26. The zero-order valence-corrected chi connectivity index (χ0v) is 16.0. The number of carboxylic acids is 1. The molecule has 10 heteroatoms. The summed E-state index contributed by atoms with van der Waals surface area (Å²) < 4.78 is 33.6. The van der Waals surface area contributed by atoms with E-state index in [2.05, 4.69) is 5.32 Å². The molecule has 0 aromatic rings. The Morgan fingerprint density at radius 3 is 2.20 bits per heavy atom. The molecule has 1 amide bonds. The van der Waals surface area contributed by atoms with E-state index < -0.39 is 46.1 Å². The first-order valence-electron chi connectivity index (χ1n) is 7.83. The van der Waals surface area contributed by atoms with Gasteiger partial charge < -0.3 is 15.2 Å². The molecule has 25 heavy (non-hydrogen) atoms. The minimum absolute atomic E-state index is 0.160. The highest BCUT2D eigenvalue weighted by molar-refractivity contribution is 7.86. The normalized spacial score (nSPS) is 13.4. The number of carboxylic acid groups (broad SMARTS) is 1. The van der Waals surface area contributed by atoms with E-state index in [9.17, 15) is 27.9 Å². The SMILES string of the molecule is CC(=O)NCCCS(=O)(=O)OCC(C)(C)C(OC(=O)C(C)C)C(=O)O. The van der Waals surface area contributed by atoms with Gasteiger partial charge in [0.05, 0.1) is 18.3 Å². The molecule has 0 radical (unpaired) electrons. The second-order valence-electron chi connectivity index (χ2n) is 6.66. The van der Waals surface area contributed by atoms with Gasteiger partial charge in [-0.15, -0.1) is 0 Å². The highest BCUT2D eigenvalue weighted by Gasteiger charge is 2.40.